The maximum Gasteiger partial charge on any atom is 0.262 e. The second-order valence-electron chi connectivity index (χ2n) is 28.3. The van der Waals surface area contributed by atoms with Crippen LogP contribution in [-0.4, -0.2) is 164 Å². The van der Waals surface area contributed by atoms with Crippen LogP contribution in [0.3, 0.4) is 0 Å². The second kappa shape index (κ2) is 34.2. The second-order valence-corrected chi connectivity index (χ2v) is 32.6. The summed E-state index contributed by atoms with van der Waals surface area (Å²) in [6.45, 7) is 4.60. The summed E-state index contributed by atoms with van der Waals surface area (Å²) >= 11 is 0. The lowest BCUT2D eigenvalue weighted by Gasteiger charge is -2.53. The molecule has 2 N–H and O–H groups in total. The Morgan fingerprint density at radius 3 is 1.17 bits per heavy atom. The molecular formula is C85H85N5O17Si. The topological polar surface area (TPSA) is 266 Å². The van der Waals surface area contributed by atoms with E-state index in [1.54, 1.807) is 36.4 Å². The van der Waals surface area contributed by atoms with Gasteiger partial charge in [-0.3, -0.25) is 29.0 Å². The van der Waals surface area contributed by atoms with E-state index in [-0.39, 0.29) is 68.5 Å². The minimum Gasteiger partial charge on any atom is -0.405 e. The zero-order valence-corrected chi connectivity index (χ0v) is 60.9. The van der Waals surface area contributed by atoms with Gasteiger partial charge in [0.15, 0.2) is 18.8 Å². The fourth-order valence-corrected chi connectivity index (χ4v) is 19.9. The quantitative estimate of drug-likeness (QED) is 0.0145. The Hall–Kier alpha value is -9.73. The van der Waals surface area contributed by atoms with Gasteiger partial charge in [-0.25, -0.2) is 0 Å². The molecule has 0 saturated carbocycles. The molecule has 0 radical (unpaired) electrons. The summed E-state index contributed by atoms with van der Waals surface area (Å²) in [6.07, 6.45) is -19.6. The number of hydrogen-bond donors (Lipinski definition) is 2. The molecule has 0 bridgehead atoms. The molecule has 0 unspecified atom stereocenters. The lowest BCUT2D eigenvalue weighted by Crippen LogP contribution is -2.72. The van der Waals surface area contributed by atoms with Crippen LogP contribution in [0.5, 0.6) is 0 Å². The van der Waals surface area contributed by atoms with Crippen LogP contribution in [0.1, 0.15) is 90.0 Å². The number of aliphatic hydroxyl groups excluding tert-OH is 2. The van der Waals surface area contributed by atoms with Crippen molar-refractivity contribution in [2.45, 2.75) is 151 Å². The number of nitrogens with zero attached hydrogens (tertiary/aromatic N) is 5. The van der Waals surface area contributed by atoms with Gasteiger partial charge in [-0.05, 0) is 73.0 Å². The fourth-order valence-electron chi connectivity index (χ4n) is 15.3. The minimum absolute atomic E-state index is 0.0251. The van der Waals surface area contributed by atoms with Crippen LogP contribution < -0.4 is 10.4 Å². The molecule has 0 aliphatic carbocycles. The molecule has 9 aromatic rings. The molecule has 5 heterocycles. The Balaban J connectivity index is 0.953. The SMILES string of the molecule is CC(C)(C)[Si](OC[C@H]1O[C@@H](N=[N+]=[N-])[C@H](N2C(=O)c3ccccc3C2=O)[C@@H](OCc2ccccc2)[C@@H]1O[C@@H]1O[C@H](COCc2ccccc2)[C@@H](O[C@@H]2O[C@H](CO)[C@@H](OCc3ccccc3)[C@H](O)[C@@H]2OCc2ccccc2)[C@H](OCc2ccccc2)[C@H]1N1C(=O)c2ccccc2C1=O)(c1ccccc1)c1ccccc1. The van der Waals surface area contributed by atoms with Gasteiger partial charge in [-0.15, -0.1) is 0 Å². The third kappa shape index (κ3) is 15.9. The van der Waals surface area contributed by atoms with Gasteiger partial charge < -0.3 is 62.0 Å². The first-order valence-electron chi connectivity index (χ1n) is 36.3. The van der Waals surface area contributed by atoms with Gasteiger partial charge in [-0.2, -0.15) is 0 Å². The first-order valence-corrected chi connectivity index (χ1v) is 38.2. The highest BCUT2D eigenvalue weighted by Gasteiger charge is 2.62. The molecule has 9 aromatic carbocycles. The molecule has 15 atom stereocenters. The van der Waals surface area contributed by atoms with E-state index in [2.05, 4.69) is 30.8 Å². The standard InChI is InChI=1S/C85H85N5O17Si/c1-85(2,3)108(60-39-21-9-22-40-60,61-41-23-10-24-42-61)102-54-68-74(75(99-50-57-33-15-6-16-34-57)69(78(103-68)87-88-86)89-79(93)62-43-25-26-44-63(62)80(89)94)106-83-70(90-81(95)64-45-27-28-46-65(64)82(90)96)76(100-51-58-35-17-7-18-36-58)73(67(105-83)53-97-48-55-29-11-4-12-30-55)107-84-77(101-52-59-37-19-8-20-38-59)71(92)72(66(47-91)104-84)98-49-56-31-13-5-14-32-56/h4-46,66-78,83-84,91-92H,47-54H2,1-3H3/t66-,67-,68-,69-,70-,71+,72-,73-,74-,75-,76-,77+,78-,83+,84+/m1/s1. The summed E-state index contributed by atoms with van der Waals surface area (Å²) in [5.74, 6) is -2.99. The van der Waals surface area contributed by atoms with Crippen molar-refractivity contribution in [3.8, 4) is 0 Å². The van der Waals surface area contributed by atoms with Crippen LogP contribution in [0.15, 0.2) is 266 Å². The number of imide groups is 2. The molecule has 5 aliphatic heterocycles. The van der Waals surface area contributed by atoms with E-state index in [0.29, 0.717) is 11.1 Å². The lowest BCUT2D eigenvalue weighted by atomic mass is 9.92. The van der Waals surface area contributed by atoms with Crippen molar-refractivity contribution in [3.63, 3.8) is 0 Å². The van der Waals surface area contributed by atoms with Crippen molar-refractivity contribution in [3.05, 3.63) is 321 Å². The normalized spacial score (nSPS) is 25.7. The highest BCUT2D eigenvalue weighted by Crippen LogP contribution is 2.44. The number of carbonyl (C=O) groups is 4. The monoisotopic (exact) mass is 1480 g/mol. The van der Waals surface area contributed by atoms with Crippen molar-refractivity contribution < 1.29 is 81.2 Å². The van der Waals surface area contributed by atoms with Crippen LogP contribution in [0.2, 0.25) is 5.04 Å². The number of ether oxygens (including phenoxy) is 10. The summed E-state index contributed by atoms with van der Waals surface area (Å²) in [6, 6.07) is 75.6. The summed E-state index contributed by atoms with van der Waals surface area (Å²) in [7, 11) is -3.60. The van der Waals surface area contributed by atoms with Crippen molar-refractivity contribution in [1.29, 1.82) is 0 Å². The summed E-state index contributed by atoms with van der Waals surface area (Å²) in [5, 5.41) is 29.7. The van der Waals surface area contributed by atoms with Crippen LogP contribution in [0.4, 0.5) is 0 Å². The maximum absolute atomic E-state index is 15.9. The van der Waals surface area contributed by atoms with Gasteiger partial charge in [0.25, 0.3) is 31.9 Å². The Morgan fingerprint density at radius 1 is 0.417 bits per heavy atom. The molecule has 3 fully saturated rings. The van der Waals surface area contributed by atoms with E-state index in [4.69, 9.17) is 51.8 Å². The summed E-state index contributed by atoms with van der Waals surface area (Å²) in [4.78, 5) is 67.8. The highest BCUT2D eigenvalue weighted by atomic mass is 28.4. The number of aliphatic hydroxyl groups is 2. The van der Waals surface area contributed by atoms with Gasteiger partial charge in [-0.1, -0.05) is 262 Å². The molecule has 0 spiro atoms. The molecule has 4 amide bonds. The van der Waals surface area contributed by atoms with Crippen molar-refractivity contribution >= 4 is 42.3 Å². The first kappa shape index (κ1) is 75.1. The number of azide groups is 1. The Kier molecular flexibility index (Phi) is 23.8. The lowest BCUT2D eigenvalue weighted by molar-refractivity contribution is -0.372. The van der Waals surface area contributed by atoms with E-state index in [9.17, 15) is 15.7 Å². The third-order valence-electron chi connectivity index (χ3n) is 20.5. The Bertz CT molecular complexity index is 4440. The largest absolute Gasteiger partial charge is 0.405 e. The number of fused-ring (bicyclic) bond motifs is 2. The van der Waals surface area contributed by atoms with E-state index < -0.39 is 136 Å². The number of carbonyl (C=O) groups excluding carboxylic acids is 4. The van der Waals surface area contributed by atoms with Gasteiger partial charge in [0.2, 0.25) is 0 Å². The van der Waals surface area contributed by atoms with Crippen LogP contribution in [0.25, 0.3) is 10.4 Å². The smallest absolute Gasteiger partial charge is 0.262 e. The Labute approximate surface area is 627 Å². The molecule has 556 valence electrons. The summed E-state index contributed by atoms with van der Waals surface area (Å²) in [5.41, 5.74) is 14.6. The van der Waals surface area contributed by atoms with Crippen LogP contribution >= 0.6 is 0 Å². The molecule has 23 heteroatoms. The predicted octanol–water partition coefficient (Wildman–Crippen LogP) is 11.1. The average Bonchev–Trinajstić information content (AvgIpc) is 1.47. The van der Waals surface area contributed by atoms with Gasteiger partial charge in [0.05, 0.1) is 75.1 Å². The maximum atomic E-state index is 15.9. The average molecular weight is 1480 g/mol. The zero-order chi connectivity index (χ0) is 74.7. The van der Waals surface area contributed by atoms with Crippen LogP contribution in [0, 0.1) is 0 Å². The van der Waals surface area contributed by atoms with Crippen molar-refractivity contribution in [2.75, 3.05) is 19.8 Å². The van der Waals surface area contributed by atoms with Gasteiger partial charge in [0.1, 0.15) is 73.1 Å². The number of hydrogen-bond acceptors (Lipinski definition) is 18. The first-order chi connectivity index (χ1) is 52.7. The van der Waals surface area contributed by atoms with E-state index in [0.717, 1.165) is 36.9 Å². The fraction of sp³-hybridized carbons (Fsp3) is 0.318. The summed E-state index contributed by atoms with van der Waals surface area (Å²) < 4.78 is 79.3. The van der Waals surface area contributed by atoms with Gasteiger partial charge in [0, 0.05) is 4.91 Å². The molecule has 14 rings (SSSR count). The zero-order valence-electron chi connectivity index (χ0n) is 59.9. The predicted molar refractivity (Wildman–Crippen MR) is 399 cm³/mol. The molecule has 0 aromatic heterocycles. The molecule has 3 saturated heterocycles. The van der Waals surface area contributed by atoms with E-state index in [1.165, 1.54) is 12.1 Å². The molecule has 108 heavy (non-hydrogen) atoms. The highest BCUT2D eigenvalue weighted by molar-refractivity contribution is 6.99. The van der Waals surface area contributed by atoms with Crippen molar-refractivity contribution in [2.24, 2.45) is 5.11 Å². The van der Waals surface area contributed by atoms with E-state index in [1.807, 2.05) is 212 Å². The molecular weight excluding hydrogens is 1390 g/mol. The Morgan fingerprint density at radius 2 is 0.759 bits per heavy atom. The van der Waals surface area contributed by atoms with Crippen LogP contribution in [-0.2, 0) is 84.8 Å². The third-order valence-corrected chi connectivity index (χ3v) is 25.5. The number of benzene rings is 9. The molecule has 22 nitrogen and oxygen atoms in total. The number of amides is 4. The molecule has 5 aliphatic rings. The van der Waals surface area contributed by atoms with E-state index >= 15 is 19.2 Å². The number of rotatable bonds is 29. The minimum atomic E-state index is -3.60. The van der Waals surface area contributed by atoms with Gasteiger partial charge >= 0.3 is 0 Å². The van der Waals surface area contributed by atoms with Crippen molar-refractivity contribution in [1.82, 2.24) is 9.80 Å².